The number of carbonyl (C=O) groups excluding carboxylic acids is 1. The fourth-order valence-electron chi connectivity index (χ4n) is 2.21. The number of carbonyl (C=O) groups is 1. The Balaban J connectivity index is 2.10. The van der Waals surface area contributed by atoms with Gasteiger partial charge < -0.3 is 10.1 Å². The molecule has 1 heterocycles. The normalized spacial score (nSPS) is 12.3. The number of aryl methyl sites for hydroxylation is 2. The lowest BCUT2D eigenvalue weighted by atomic mass is 10.1. The van der Waals surface area contributed by atoms with Crippen LogP contribution < -0.4 is 10.1 Å². The van der Waals surface area contributed by atoms with E-state index in [2.05, 4.69) is 15.2 Å². The van der Waals surface area contributed by atoms with Crippen LogP contribution in [0.1, 0.15) is 34.6 Å². The number of nitrogens with one attached hydrogen (secondary N) is 1. The van der Waals surface area contributed by atoms with Gasteiger partial charge in [0.2, 0.25) is 0 Å². The zero-order valence-electron chi connectivity index (χ0n) is 12.5. The molecule has 2 rings (SSSR count). The molecule has 0 saturated carbocycles. The van der Waals surface area contributed by atoms with Gasteiger partial charge in [-0.3, -0.25) is 9.48 Å². The Morgan fingerprint density at radius 2 is 2.14 bits per heavy atom. The maximum absolute atomic E-state index is 12.2. The molecule has 2 aromatic rings. The number of rotatable bonds is 5. The number of amides is 1. The molecule has 0 radical (unpaired) electrons. The van der Waals surface area contributed by atoms with Crippen LogP contribution in [-0.2, 0) is 7.05 Å². The highest BCUT2D eigenvalue weighted by atomic mass is 19.3. The van der Waals surface area contributed by atoms with Gasteiger partial charge >= 0.3 is 6.61 Å². The van der Waals surface area contributed by atoms with Crippen LogP contribution in [0.3, 0.4) is 0 Å². The number of hydrogen-bond acceptors (Lipinski definition) is 3. The molecule has 0 aliphatic heterocycles. The first-order chi connectivity index (χ1) is 10.4. The lowest BCUT2D eigenvalue weighted by Gasteiger charge is -2.14. The average Bonchev–Trinajstić information content (AvgIpc) is 2.77. The minimum Gasteiger partial charge on any atom is -0.435 e. The maximum Gasteiger partial charge on any atom is 0.387 e. The van der Waals surface area contributed by atoms with Crippen molar-refractivity contribution in [3.8, 4) is 5.75 Å². The molecule has 1 amide bonds. The van der Waals surface area contributed by atoms with Crippen LogP contribution >= 0.6 is 0 Å². The lowest BCUT2D eigenvalue weighted by molar-refractivity contribution is -0.0498. The van der Waals surface area contributed by atoms with E-state index in [9.17, 15) is 13.6 Å². The van der Waals surface area contributed by atoms with Crippen molar-refractivity contribution in [3.05, 3.63) is 47.3 Å². The van der Waals surface area contributed by atoms with Gasteiger partial charge in [0.05, 0.1) is 11.7 Å². The van der Waals surface area contributed by atoms with Crippen molar-refractivity contribution in [2.45, 2.75) is 26.5 Å². The van der Waals surface area contributed by atoms with Crippen LogP contribution in [0.4, 0.5) is 8.78 Å². The van der Waals surface area contributed by atoms with Crippen molar-refractivity contribution in [1.29, 1.82) is 0 Å². The summed E-state index contributed by atoms with van der Waals surface area (Å²) in [5.74, 6) is -0.414. The molecule has 0 fully saturated rings. The number of nitrogens with zero attached hydrogens (tertiary/aromatic N) is 2. The zero-order valence-corrected chi connectivity index (χ0v) is 12.5. The number of halogens is 2. The number of benzene rings is 1. The Morgan fingerprint density at radius 1 is 1.41 bits per heavy atom. The van der Waals surface area contributed by atoms with E-state index in [1.54, 1.807) is 11.7 Å². The molecule has 0 bridgehead atoms. The first-order valence-corrected chi connectivity index (χ1v) is 6.72. The van der Waals surface area contributed by atoms with Gasteiger partial charge in [-0.15, -0.1) is 0 Å². The summed E-state index contributed by atoms with van der Waals surface area (Å²) in [6.07, 6.45) is 1.83. The summed E-state index contributed by atoms with van der Waals surface area (Å²) >= 11 is 0. The van der Waals surface area contributed by atoms with Crippen LogP contribution in [0.15, 0.2) is 30.5 Å². The van der Waals surface area contributed by atoms with E-state index < -0.39 is 6.61 Å². The van der Waals surface area contributed by atoms with E-state index >= 15 is 0 Å². The van der Waals surface area contributed by atoms with E-state index in [0.717, 1.165) is 11.3 Å². The average molecular weight is 309 g/mol. The second kappa shape index (κ2) is 6.55. The van der Waals surface area contributed by atoms with Crippen LogP contribution in [0.25, 0.3) is 0 Å². The first kappa shape index (κ1) is 15.9. The van der Waals surface area contributed by atoms with Crippen molar-refractivity contribution in [1.82, 2.24) is 15.1 Å². The summed E-state index contributed by atoms with van der Waals surface area (Å²) < 4.78 is 30.4. The minimum absolute atomic E-state index is 0.0483. The molecule has 0 spiro atoms. The maximum atomic E-state index is 12.2. The molecule has 1 atom stereocenters. The predicted molar refractivity (Wildman–Crippen MR) is 76.9 cm³/mol. The smallest absolute Gasteiger partial charge is 0.387 e. The summed E-state index contributed by atoms with van der Waals surface area (Å²) in [7, 11) is 1.80. The fraction of sp³-hybridized carbons (Fsp3) is 0.333. The molecular weight excluding hydrogens is 292 g/mol. The Bertz CT molecular complexity index is 671. The summed E-state index contributed by atoms with van der Waals surface area (Å²) in [6.45, 7) is 0.770. The highest BCUT2D eigenvalue weighted by Gasteiger charge is 2.16. The van der Waals surface area contributed by atoms with Gasteiger partial charge in [-0.1, -0.05) is 6.07 Å². The van der Waals surface area contributed by atoms with Gasteiger partial charge in [-0.2, -0.15) is 13.9 Å². The minimum atomic E-state index is -2.92. The van der Waals surface area contributed by atoms with Crippen LogP contribution in [0.2, 0.25) is 0 Å². The third-order valence-corrected chi connectivity index (χ3v) is 3.19. The van der Waals surface area contributed by atoms with Crippen molar-refractivity contribution < 1.29 is 18.3 Å². The highest BCUT2D eigenvalue weighted by molar-refractivity contribution is 5.94. The van der Waals surface area contributed by atoms with Crippen LogP contribution in [0, 0.1) is 6.92 Å². The topological polar surface area (TPSA) is 56.2 Å². The molecule has 22 heavy (non-hydrogen) atoms. The third kappa shape index (κ3) is 3.81. The van der Waals surface area contributed by atoms with Gasteiger partial charge in [0.15, 0.2) is 0 Å². The number of aromatic nitrogens is 2. The number of alkyl halides is 2. The molecule has 1 unspecified atom stereocenters. The van der Waals surface area contributed by atoms with E-state index in [4.69, 9.17) is 0 Å². The summed E-state index contributed by atoms with van der Waals surface area (Å²) in [6, 6.07) is 5.44. The Kier molecular flexibility index (Phi) is 4.75. The predicted octanol–water partition coefficient (Wildman–Crippen LogP) is 2.82. The monoisotopic (exact) mass is 309 g/mol. The molecule has 118 valence electrons. The lowest BCUT2D eigenvalue weighted by Crippen LogP contribution is -2.26. The van der Waals surface area contributed by atoms with E-state index in [1.807, 2.05) is 20.0 Å². The van der Waals surface area contributed by atoms with E-state index in [1.165, 1.54) is 24.3 Å². The van der Waals surface area contributed by atoms with E-state index in [0.29, 0.717) is 0 Å². The summed E-state index contributed by atoms with van der Waals surface area (Å²) in [4.78, 5) is 12.2. The second-order valence-electron chi connectivity index (χ2n) is 4.95. The van der Waals surface area contributed by atoms with Crippen molar-refractivity contribution >= 4 is 5.91 Å². The van der Waals surface area contributed by atoms with Crippen molar-refractivity contribution in [2.24, 2.45) is 7.05 Å². The van der Waals surface area contributed by atoms with Gasteiger partial charge in [-0.05, 0) is 32.0 Å². The van der Waals surface area contributed by atoms with Gasteiger partial charge in [0, 0.05) is 24.4 Å². The zero-order chi connectivity index (χ0) is 16.3. The third-order valence-electron chi connectivity index (χ3n) is 3.19. The van der Waals surface area contributed by atoms with Gasteiger partial charge in [-0.25, -0.2) is 0 Å². The second-order valence-corrected chi connectivity index (χ2v) is 4.95. The van der Waals surface area contributed by atoms with Gasteiger partial charge in [0.1, 0.15) is 5.75 Å². The Morgan fingerprint density at radius 3 is 2.73 bits per heavy atom. The van der Waals surface area contributed by atoms with Crippen molar-refractivity contribution in [2.75, 3.05) is 0 Å². The molecule has 0 saturated heterocycles. The van der Waals surface area contributed by atoms with Crippen molar-refractivity contribution in [3.63, 3.8) is 0 Å². The molecule has 0 aliphatic rings. The molecule has 1 aromatic carbocycles. The standard InChI is InChI=1S/C15H17F2N3O2/c1-9(13-8-20(3)19-10(13)2)18-14(21)11-5-4-6-12(7-11)22-15(16)17/h4-9,15H,1-3H3,(H,18,21). The summed E-state index contributed by atoms with van der Waals surface area (Å²) in [5, 5.41) is 7.03. The Labute approximate surface area is 126 Å². The van der Waals surface area contributed by atoms with Gasteiger partial charge in [0.25, 0.3) is 5.91 Å². The molecule has 5 nitrogen and oxygen atoms in total. The molecule has 0 aliphatic carbocycles. The molecule has 7 heteroatoms. The Hall–Kier alpha value is -2.44. The van der Waals surface area contributed by atoms with Crippen LogP contribution in [0.5, 0.6) is 5.75 Å². The molecular formula is C15H17F2N3O2. The first-order valence-electron chi connectivity index (χ1n) is 6.72. The summed E-state index contributed by atoms with van der Waals surface area (Å²) in [5.41, 5.74) is 1.98. The van der Waals surface area contributed by atoms with E-state index in [-0.39, 0.29) is 23.3 Å². The SMILES string of the molecule is Cc1nn(C)cc1C(C)NC(=O)c1cccc(OC(F)F)c1. The highest BCUT2D eigenvalue weighted by Crippen LogP contribution is 2.19. The fourth-order valence-corrected chi connectivity index (χ4v) is 2.21. The van der Waals surface area contributed by atoms with Crippen LogP contribution in [-0.4, -0.2) is 22.3 Å². The number of ether oxygens (including phenoxy) is 1. The largest absolute Gasteiger partial charge is 0.435 e. The number of hydrogen-bond donors (Lipinski definition) is 1. The molecule has 1 aromatic heterocycles. The molecule has 1 N–H and O–H groups in total. The quantitative estimate of drug-likeness (QED) is 0.924.